The van der Waals surface area contributed by atoms with E-state index < -0.39 is 0 Å². The van der Waals surface area contributed by atoms with Crippen LogP contribution in [0, 0.1) is 20.8 Å². The van der Waals surface area contributed by atoms with Crippen molar-refractivity contribution in [2.45, 2.75) is 66.7 Å². The average molecular weight is 297 g/mol. The van der Waals surface area contributed by atoms with E-state index in [1.54, 1.807) is 0 Å². The molecule has 2 aromatic heterocycles. The number of aryl methyl sites for hydroxylation is 3. The van der Waals surface area contributed by atoms with Gasteiger partial charge in [0.1, 0.15) is 0 Å². The van der Waals surface area contributed by atoms with E-state index in [2.05, 4.69) is 52.6 Å². The van der Waals surface area contributed by atoms with Crippen molar-refractivity contribution in [2.75, 3.05) is 0 Å². The molecule has 0 bridgehead atoms. The summed E-state index contributed by atoms with van der Waals surface area (Å²) in [6.45, 7) is 15.0. The number of rotatable bonds is 4. The highest BCUT2D eigenvalue weighted by Gasteiger charge is 2.15. The van der Waals surface area contributed by atoms with Crippen molar-refractivity contribution in [3.05, 3.63) is 51.9 Å². The summed E-state index contributed by atoms with van der Waals surface area (Å²) in [6, 6.07) is 2.25. The third kappa shape index (κ3) is 3.52. The average Bonchev–Trinajstić information content (AvgIpc) is 2.41. The standard InChI is InChI=1S/C19H27N3/c1-11(2)18-14(6)8-13(5)16(22-18)9-17-19(12(3)4)20-10-15(7)21-17/h8,10-12H,9H2,1-7H3. The van der Waals surface area contributed by atoms with Crippen LogP contribution in [0.15, 0.2) is 12.3 Å². The molecule has 2 rings (SSSR count). The van der Waals surface area contributed by atoms with Gasteiger partial charge in [0.25, 0.3) is 0 Å². The summed E-state index contributed by atoms with van der Waals surface area (Å²) in [6.07, 6.45) is 2.61. The summed E-state index contributed by atoms with van der Waals surface area (Å²) in [7, 11) is 0. The van der Waals surface area contributed by atoms with Crippen LogP contribution in [-0.2, 0) is 6.42 Å². The number of hydrogen-bond donors (Lipinski definition) is 0. The van der Waals surface area contributed by atoms with Crippen molar-refractivity contribution in [2.24, 2.45) is 0 Å². The second kappa shape index (κ2) is 6.55. The molecule has 0 aliphatic rings. The van der Waals surface area contributed by atoms with Crippen molar-refractivity contribution in [1.82, 2.24) is 15.0 Å². The normalized spacial score (nSPS) is 11.5. The van der Waals surface area contributed by atoms with Crippen LogP contribution >= 0.6 is 0 Å². The molecule has 0 aromatic carbocycles. The van der Waals surface area contributed by atoms with Crippen LogP contribution in [0.3, 0.4) is 0 Å². The Bertz CT molecular complexity index is 673. The molecule has 0 saturated heterocycles. The molecular weight excluding hydrogens is 270 g/mol. The summed E-state index contributed by atoms with van der Waals surface area (Å²) in [5, 5.41) is 0. The maximum Gasteiger partial charge on any atom is 0.0684 e. The van der Waals surface area contributed by atoms with Gasteiger partial charge in [-0.25, -0.2) is 0 Å². The highest BCUT2D eigenvalue weighted by molar-refractivity contribution is 5.33. The van der Waals surface area contributed by atoms with Gasteiger partial charge < -0.3 is 0 Å². The van der Waals surface area contributed by atoms with Gasteiger partial charge in [0, 0.05) is 24.0 Å². The zero-order chi connectivity index (χ0) is 16.4. The Morgan fingerprint density at radius 1 is 0.818 bits per heavy atom. The predicted molar refractivity (Wildman–Crippen MR) is 91.5 cm³/mol. The topological polar surface area (TPSA) is 38.7 Å². The third-order valence-electron chi connectivity index (χ3n) is 3.97. The summed E-state index contributed by atoms with van der Waals surface area (Å²) in [5.74, 6) is 0.811. The summed E-state index contributed by atoms with van der Waals surface area (Å²) in [4.78, 5) is 14.2. The first kappa shape index (κ1) is 16.6. The summed E-state index contributed by atoms with van der Waals surface area (Å²) < 4.78 is 0. The minimum absolute atomic E-state index is 0.374. The first-order valence-corrected chi connectivity index (χ1v) is 8.09. The lowest BCUT2D eigenvalue weighted by Gasteiger charge is -2.16. The van der Waals surface area contributed by atoms with Crippen LogP contribution in [0.4, 0.5) is 0 Å². The molecule has 0 spiro atoms. The lowest BCUT2D eigenvalue weighted by atomic mass is 9.98. The lowest BCUT2D eigenvalue weighted by molar-refractivity contribution is 0.761. The molecule has 0 N–H and O–H groups in total. The Hall–Kier alpha value is -1.77. The van der Waals surface area contributed by atoms with E-state index >= 15 is 0 Å². The minimum Gasteiger partial charge on any atom is -0.257 e. The lowest BCUT2D eigenvalue weighted by Crippen LogP contribution is -2.09. The summed E-state index contributed by atoms with van der Waals surface area (Å²) in [5.41, 5.74) is 7.93. The molecule has 0 aliphatic heterocycles. The SMILES string of the molecule is Cc1cnc(C(C)C)c(Cc2nc(C(C)C)c(C)cc2C)n1. The molecule has 0 radical (unpaired) electrons. The highest BCUT2D eigenvalue weighted by atomic mass is 14.8. The molecule has 0 unspecified atom stereocenters. The largest absolute Gasteiger partial charge is 0.257 e. The van der Waals surface area contributed by atoms with Gasteiger partial charge in [0.2, 0.25) is 0 Å². The van der Waals surface area contributed by atoms with E-state index in [0.29, 0.717) is 11.8 Å². The molecule has 0 amide bonds. The van der Waals surface area contributed by atoms with Gasteiger partial charge >= 0.3 is 0 Å². The summed E-state index contributed by atoms with van der Waals surface area (Å²) >= 11 is 0. The molecule has 118 valence electrons. The van der Waals surface area contributed by atoms with Gasteiger partial charge in [-0.3, -0.25) is 15.0 Å². The van der Waals surface area contributed by atoms with E-state index in [-0.39, 0.29) is 0 Å². The number of pyridine rings is 1. The van der Waals surface area contributed by atoms with Gasteiger partial charge in [-0.15, -0.1) is 0 Å². The van der Waals surface area contributed by atoms with E-state index in [4.69, 9.17) is 9.97 Å². The zero-order valence-electron chi connectivity index (χ0n) is 14.9. The fraction of sp³-hybridized carbons (Fsp3) is 0.526. The third-order valence-corrected chi connectivity index (χ3v) is 3.97. The van der Waals surface area contributed by atoms with Gasteiger partial charge in [-0.05, 0) is 43.7 Å². The quantitative estimate of drug-likeness (QED) is 0.825. The molecule has 0 aliphatic carbocycles. The van der Waals surface area contributed by atoms with Crippen LogP contribution in [0.25, 0.3) is 0 Å². The maximum absolute atomic E-state index is 4.93. The Labute approximate surface area is 134 Å². The van der Waals surface area contributed by atoms with E-state index in [1.807, 2.05) is 13.1 Å². The fourth-order valence-corrected chi connectivity index (χ4v) is 2.87. The van der Waals surface area contributed by atoms with Crippen molar-refractivity contribution < 1.29 is 0 Å². The Morgan fingerprint density at radius 3 is 2.05 bits per heavy atom. The van der Waals surface area contributed by atoms with E-state index in [9.17, 15) is 0 Å². The van der Waals surface area contributed by atoms with Crippen molar-refractivity contribution >= 4 is 0 Å². The fourth-order valence-electron chi connectivity index (χ4n) is 2.87. The van der Waals surface area contributed by atoms with Gasteiger partial charge in [-0.2, -0.15) is 0 Å². The maximum atomic E-state index is 4.93. The highest BCUT2D eigenvalue weighted by Crippen LogP contribution is 2.23. The molecule has 2 heterocycles. The van der Waals surface area contributed by atoms with Gasteiger partial charge in [0.05, 0.1) is 17.1 Å². The van der Waals surface area contributed by atoms with Crippen LogP contribution in [0.5, 0.6) is 0 Å². The Morgan fingerprint density at radius 2 is 1.45 bits per heavy atom. The second-order valence-electron chi connectivity index (χ2n) is 6.78. The second-order valence-corrected chi connectivity index (χ2v) is 6.78. The molecule has 3 heteroatoms. The smallest absolute Gasteiger partial charge is 0.0684 e. The van der Waals surface area contributed by atoms with Crippen molar-refractivity contribution in [1.29, 1.82) is 0 Å². The Kier molecular flexibility index (Phi) is 4.94. The first-order valence-electron chi connectivity index (χ1n) is 8.09. The molecule has 0 atom stereocenters. The first-order chi connectivity index (χ1) is 10.3. The minimum atomic E-state index is 0.374. The molecule has 2 aromatic rings. The predicted octanol–water partition coefficient (Wildman–Crippen LogP) is 4.63. The molecule has 0 saturated carbocycles. The van der Waals surface area contributed by atoms with Crippen molar-refractivity contribution in [3.8, 4) is 0 Å². The van der Waals surface area contributed by atoms with Crippen LogP contribution < -0.4 is 0 Å². The Balaban J connectivity index is 2.47. The molecular formula is C19H27N3. The van der Waals surface area contributed by atoms with Gasteiger partial charge in [-0.1, -0.05) is 33.8 Å². The van der Waals surface area contributed by atoms with Crippen LogP contribution in [0.2, 0.25) is 0 Å². The number of hydrogen-bond acceptors (Lipinski definition) is 3. The van der Waals surface area contributed by atoms with Gasteiger partial charge in [0.15, 0.2) is 0 Å². The monoisotopic (exact) mass is 297 g/mol. The van der Waals surface area contributed by atoms with E-state index in [1.165, 1.54) is 16.8 Å². The molecule has 22 heavy (non-hydrogen) atoms. The number of nitrogens with zero attached hydrogens (tertiary/aromatic N) is 3. The molecule has 3 nitrogen and oxygen atoms in total. The van der Waals surface area contributed by atoms with Crippen molar-refractivity contribution in [3.63, 3.8) is 0 Å². The number of aromatic nitrogens is 3. The van der Waals surface area contributed by atoms with Crippen LogP contribution in [0.1, 0.15) is 79.1 Å². The molecule has 0 fully saturated rings. The van der Waals surface area contributed by atoms with E-state index in [0.717, 1.165) is 29.2 Å². The van der Waals surface area contributed by atoms with Crippen LogP contribution in [-0.4, -0.2) is 15.0 Å². The zero-order valence-corrected chi connectivity index (χ0v) is 14.9.